The molecule has 1 aliphatic heterocycles. The lowest BCUT2D eigenvalue weighted by molar-refractivity contribution is 0.155. The molecule has 0 aliphatic carbocycles. The van der Waals surface area contributed by atoms with E-state index in [9.17, 15) is 5.11 Å². The van der Waals surface area contributed by atoms with E-state index < -0.39 is 6.10 Å². The van der Waals surface area contributed by atoms with Crippen LogP contribution >= 0.6 is 0 Å². The van der Waals surface area contributed by atoms with E-state index in [-0.39, 0.29) is 0 Å². The first-order valence-corrected chi connectivity index (χ1v) is 11.0. The van der Waals surface area contributed by atoms with Gasteiger partial charge in [-0.15, -0.1) is 0 Å². The maximum atomic E-state index is 10.9. The Morgan fingerprint density at radius 1 is 0.933 bits per heavy atom. The average molecular weight is 409 g/mol. The highest BCUT2D eigenvalue weighted by molar-refractivity contribution is 5.75. The highest BCUT2D eigenvalue weighted by Gasteiger charge is 2.16. The molecule has 0 amide bonds. The maximum Gasteiger partial charge on any atom is 0.203 e. The Labute approximate surface area is 177 Å². The van der Waals surface area contributed by atoms with Crippen LogP contribution < -0.4 is 10.4 Å². The van der Waals surface area contributed by atoms with Crippen LogP contribution in [-0.2, 0) is 13.1 Å². The number of nitrogens with one attached hydrogen (secondary N) is 1. The van der Waals surface area contributed by atoms with E-state index in [2.05, 4.69) is 15.5 Å². The Morgan fingerprint density at radius 2 is 1.60 bits per heavy atom. The zero-order valence-corrected chi connectivity index (χ0v) is 17.8. The molecule has 0 radical (unpaired) electrons. The first kappa shape index (κ1) is 20.7. The number of aromatic nitrogens is 2. The van der Waals surface area contributed by atoms with Gasteiger partial charge >= 0.3 is 0 Å². The zero-order valence-electron chi connectivity index (χ0n) is 17.8. The summed E-state index contributed by atoms with van der Waals surface area (Å²) in [7, 11) is 0. The fourth-order valence-electron chi connectivity index (χ4n) is 4.36. The average Bonchev–Trinajstić information content (AvgIpc) is 3.04. The van der Waals surface area contributed by atoms with Gasteiger partial charge in [-0.1, -0.05) is 30.7 Å². The third-order valence-electron chi connectivity index (χ3n) is 5.99. The molecule has 1 saturated heterocycles. The van der Waals surface area contributed by atoms with Crippen LogP contribution in [0.1, 0.15) is 37.9 Å². The molecule has 160 valence electrons. The Morgan fingerprint density at radius 3 is 2.27 bits per heavy atom. The van der Waals surface area contributed by atoms with Gasteiger partial charge in [0.15, 0.2) is 0 Å². The van der Waals surface area contributed by atoms with Crippen molar-refractivity contribution in [2.24, 2.45) is 0 Å². The number of aliphatic hydroxyl groups is 1. The second-order valence-corrected chi connectivity index (χ2v) is 7.99. The lowest BCUT2D eigenvalue weighted by atomic mass is 10.1. The number of fused-ring (bicyclic) bond motifs is 1. The first-order valence-electron chi connectivity index (χ1n) is 11.0. The normalized spacial score (nSPS) is 16.1. The van der Waals surface area contributed by atoms with Crippen molar-refractivity contribution < 1.29 is 9.84 Å². The van der Waals surface area contributed by atoms with Gasteiger partial charge in [0.25, 0.3) is 0 Å². The number of benzene rings is 2. The van der Waals surface area contributed by atoms with E-state index in [1.807, 2.05) is 54.0 Å². The molecule has 30 heavy (non-hydrogen) atoms. The van der Waals surface area contributed by atoms with Gasteiger partial charge in [-0.2, -0.15) is 0 Å². The van der Waals surface area contributed by atoms with E-state index in [1.165, 1.54) is 19.3 Å². The van der Waals surface area contributed by atoms with Crippen LogP contribution in [0.25, 0.3) is 11.0 Å². The van der Waals surface area contributed by atoms with Crippen LogP contribution in [0.5, 0.6) is 5.75 Å². The van der Waals surface area contributed by atoms with Gasteiger partial charge in [0, 0.05) is 13.1 Å². The zero-order chi connectivity index (χ0) is 20.9. The molecule has 0 unspecified atom stereocenters. The van der Waals surface area contributed by atoms with Crippen LogP contribution in [0.2, 0.25) is 0 Å². The summed E-state index contributed by atoms with van der Waals surface area (Å²) < 4.78 is 9.49. The molecule has 2 aromatic carbocycles. The molecule has 3 aromatic rings. The number of piperidine rings is 1. The second-order valence-electron chi connectivity index (χ2n) is 7.99. The monoisotopic (exact) mass is 408 g/mol. The highest BCUT2D eigenvalue weighted by Crippen LogP contribution is 2.21. The van der Waals surface area contributed by atoms with E-state index >= 15 is 0 Å². The summed E-state index contributed by atoms with van der Waals surface area (Å²) in [4.78, 5) is 2.50. The molecule has 1 aliphatic rings. The molecule has 6 nitrogen and oxygen atoms in total. The lowest BCUT2D eigenvalue weighted by Gasteiger charge is -2.26. The Hall–Kier alpha value is -2.57. The van der Waals surface area contributed by atoms with E-state index in [4.69, 9.17) is 10.1 Å². The Balaban J connectivity index is 1.56. The number of likely N-dealkylation sites (tertiary alicyclic amines) is 1. The van der Waals surface area contributed by atoms with Gasteiger partial charge in [-0.3, -0.25) is 5.41 Å². The summed E-state index contributed by atoms with van der Waals surface area (Å²) in [6.45, 7) is 7.00. The minimum atomic E-state index is -0.684. The van der Waals surface area contributed by atoms with Crippen LogP contribution in [0.4, 0.5) is 0 Å². The minimum absolute atomic E-state index is 0.351. The number of hydrogen-bond acceptors (Lipinski definition) is 4. The number of imidazole rings is 1. The van der Waals surface area contributed by atoms with E-state index in [0.29, 0.717) is 18.8 Å². The first-order chi connectivity index (χ1) is 14.7. The van der Waals surface area contributed by atoms with Crippen molar-refractivity contribution in [3.8, 4) is 5.75 Å². The quantitative estimate of drug-likeness (QED) is 0.599. The van der Waals surface area contributed by atoms with Crippen molar-refractivity contribution in [1.82, 2.24) is 14.0 Å². The van der Waals surface area contributed by atoms with Gasteiger partial charge in [0.2, 0.25) is 5.62 Å². The second kappa shape index (κ2) is 9.49. The number of ether oxygens (including phenoxy) is 1. The number of rotatable bonds is 8. The van der Waals surface area contributed by atoms with Crippen LogP contribution in [0, 0.1) is 5.41 Å². The number of hydrogen-bond donors (Lipinski definition) is 2. The Bertz CT molecular complexity index is 1020. The molecule has 0 saturated carbocycles. The molecule has 4 rings (SSSR count). The van der Waals surface area contributed by atoms with Gasteiger partial charge in [0.1, 0.15) is 5.75 Å². The van der Waals surface area contributed by atoms with Crippen molar-refractivity contribution in [1.29, 1.82) is 5.41 Å². The third kappa shape index (κ3) is 4.45. The molecule has 1 aromatic heterocycles. The fourth-order valence-corrected chi connectivity index (χ4v) is 4.36. The summed E-state index contributed by atoms with van der Waals surface area (Å²) in [5.41, 5.74) is 3.32. The molecule has 2 heterocycles. The molecular formula is C24H32N4O2. The highest BCUT2D eigenvalue weighted by atomic mass is 16.5. The van der Waals surface area contributed by atoms with Crippen molar-refractivity contribution in [3.05, 3.63) is 59.7 Å². The molecule has 1 atom stereocenters. The predicted molar refractivity (Wildman–Crippen MR) is 119 cm³/mol. The van der Waals surface area contributed by atoms with Crippen molar-refractivity contribution in [2.75, 3.05) is 26.2 Å². The predicted octanol–water partition coefficient (Wildman–Crippen LogP) is 3.54. The standard InChI is InChI=1S/C24H32N4O2/c1-2-30-20-12-10-19(11-13-20)23(29)18-28-22-9-5-4-8-21(22)27(24(28)25)17-16-26-14-6-3-7-15-26/h4-5,8-13,23,25,29H,2-3,6-7,14-18H2,1H3/t23-/m0/s1. The summed E-state index contributed by atoms with van der Waals surface area (Å²) in [5, 5.41) is 19.7. The summed E-state index contributed by atoms with van der Waals surface area (Å²) in [5.74, 6) is 0.802. The Kier molecular flexibility index (Phi) is 6.55. The molecular weight excluding hydrogens is 376 g/mol. The third-order valence-corrected chi connectivity index (χ3v) is 5.99. The van der Waals surface area contributed by atoms with Gasteiger partial charge in [0.05, 0.1) is 30.3 Å². The molecule has 6 heteroatoms. The molecule has 1 fully saturated rings. The van der Waals surface area contributed by atoms with Crippen molar-refractivity contribution in [3.63, 3.8) is 0 Å². The van der Waals surface area contributed by atoms with E-state index in [0.717, 1.165) is 48.5 Å². The summed E-state index contributed by atoms with van der Waals surface area (Å²) in [6.07, 6.45) is 3.19. The van der Waals surface area contributed by atoms with Gasteiger partial charge < -0.3 is 23.9 Å². The van der Waals surface area contributed by atoms with Gasteiger partial charge in [-0.05, 0) is 62.7 Å². The van der Waals surface area contributed by atoms with Crippen LogP contribution in [0.15, 0.2) is 48.5 Å². The smallest absolute Gasteiger partial charge is 0.203 e. The fraction of sp³-hybridized carbons (Fsp3) is 0.458. The van der Waals surface area contributed by atoms with Crippen molar-refractivity contribution in [2.45, 2.75) is 45.4 Å². The van der Waals surface area contributed by atoms with Crippen LogP contribution in [0.3, 0.4) is 0 Å². The van der Waals surface area contributed by atoms with Gasteiger partial charge in [-0.25, -0.2) is 0 Å². The lowest BCUT2D eigenvalue weighted by Crippen LogP contribution is -2.35. The van der Waals surface area contributed by atoms with Crippen molar-refractivity contribution >= 4 is 11.0 Å². The molecule has 0 spiro atoms. The maximum absolute atomic E-state index is 10.9. The minimum Gasteiger partial charge on any atom is -0.494 e. The molecule has 2 N–H and O–H groups in total. The number of aliphatic hydroxyl groups excluding tert-OH is 1. The number of nitrogens with zero attached hydrogens (tertiary/aromatic N) is 3. The van der Waals surface area contributed by atoms with E-state index in [1.54, 1.807) is 0 Å². The summed E-state index contributed by atoms with van der Waals surface area (Å²) >= 11 is 0. The summed E-state index contributed by atoms with van der Waals surface area (Å²) in [6, 6.07) is 15.7. The SMILES string of the molecule is CCOc1ccc([C@@H](O)Cn2c(=N)n(CCN3CCCCC3)c3ccccc32)cc1. The largest absolute Gasteiger partial charge is 0.494 e. The molecule has 0 bridgehead atoms. The number of para-hydroxylation sites is 2. The topological polar surface area (TPSA) is 66.4 Å². The van der Waals surface area contributed by atoms with Crippen LogP contribution in [-0.4, -0.2) is 45.4 Å².